The molecule has 3 rings (SSSR count). The number of hydrogen-bond acceptors (Lipinski definition) is 2. The van der Waals surface area contributed by atoms with Gasteiger partial charge in [0, 0.05) is 12.6 Å². The van der Waals surface area contributed by atoms with Gasteiger partial charge in [0.25, 0.3) is 0 Å². The van der Waals surface area contributed by atoms with Gasteiger partial charge >= 0.3 is 0 Å². The van der Waals surface area contributed by atoms with Crippen LogP contribution in [0.4, 0.5) is 0 Å². The van der Waals surface area contributed by atoms with Gasteiger partial charge in [0.1, 0.15) is 0 Å². The predicted molar refractivity (Wildman–Crippen MR) is 97.6 cm³/mol. The van der Waals surface area contributed by atoms with E-state index in [2.05, 4.69) is 32.6 Å². The summed E-state index contributed by atoms with van der Waals surface area (Å²) < 4.78 is 5.82. The highest BCUT2D eigenvalue weighted by atomic mass is 16.5. The first-order valence-electron chi connectivity index (χ1n) is 10.4. The molecule has 0 aromatic rings. The van der Waals surface area contributed by atoms with Crippen LogP contribution < -0.4 is 0 Å². The number of piperidine rings is 1. The van der Waals surface area contributed by atoms with E-state index >= 15 is 0 Å². The Hall–Kier alpha value is -0.0800. The van der Waals surface area contributed by atoms with E-state index < -0.39 is 0 Å². The lowest BCUT2D eigenvalue weighted by atomic mass is 9.60. The molecule has 3 atom stereocenters. The molecule has 2 heteroatoms. The minimum Gasteiger partial charge on any atom is -0.377 e. The molecular formula is C21H39NO. The van der Waals surface area contributed by atoms with Crippen LogP contribution in [0.15, 0.2) is 0 Å². The molecule has 3 unspecified atom stereocenters. The van der Waals surface area contributed by atoms with Crippen LogP contribution in [0, 0.1) is 23.7 Å². The zero-order valence-electron chi connectivity index (χ0n) is 16.0. The number of rotatable bonds is 3. The molecule has 0 aromatic carbocycles. The van der Waals surface area contributed by atoms with Crippen LogP contribution in [0.5, 0.6) is 0 Å². The molecule has 134 valence electrons. The molecule has 0 N–H and O–H groups in total. The van der Waals surface area contributed by atoms with Crippen molar-refractivity contribution in [2.24, 2.45) is 23.7 Å². The second kappa shape index (κ2) is 7.44. The van der Waals surface area contributed by atoms with Crippen LogP contribution in [0.1, 0.15) is 79.1 Å². The smallest absolute Gasteiger partial charge is 0.0712 e. The van der Waals surface area contributed by atoms with Crippen molar-refractivity contribution >= 4 is 0 Å². The Morgan fingerprint density at radius 1 is 0.957 bits per heavy atom. The summed E-state index contributed by atoms with van der Waals surface area (Å²) in [5.41, 5.74) is 0.386. The van der Waals surface area contributed by atoms with Gasteiger partial charge in [-0.2, -0.15) is 0 Å². The van der Waals surface area contributed by atoms with Gasteiger partial charge in [0.2, 0.25) is 0 Å². The Balaban J connectivity index is 1.88. The van der Waals surface area contributed by atoms with E-state index in [9.17, 15) is 0 Å². The SMILES string of the molecule is CC(C)CC1CN(C(C)C)C2(COC2)C2CCCCCCCC12. The second-order valence-electron chi connectivity index (χ2n) is 9.35. The van der Waals surface area contributed by atoms with Crippen molar-refractivity contribution in [1.82, 2.24) is 4.90 Å². The molecule has 23 heavy (non-hydrogen) atoms. The third kappa shape index (κ3) is 3.49. The van der Waals surface area contributed by atoms with E-state index in [1.807, 2.05) is 0 Å². The predicted octanol–water partition coefficient (Wildman–Crippen LogP) is 5.12. The quantitative estimate of drug-likeness (QED) is 0.715. The molecule has 2 aliphatic heterocycles. The molecule has 2 heterocycles. The topological polar surface area (TPSA) is 12.5 Å². The minimum atomic E-state index is 0.386. The summed E-state index contributed by atoms with van der Waals surface area (Å²) in [7, 11) is 0. The first kappa shape index (κ1) is 17.7. The average molecular weight is 322 g/mol. The monoisotopic (exact) mass is 321 g/mol. The molecule has 3 fully saturated rings. The lowest BCUT2D eigenvalue weighted by molar-refractivity contribution is -0.221. The maximum Gasteiger partial charge on any atom is 0.0712 e. The van der Waals surface area contributed by atoms with Crippen molar-refractivity contribution in [3.63, 3.8) is 0 Å². The van der Waals surface area contributed by atoms with Crippen LogP contribution in [0.25, 0.3) is 0 Å². The first-order chi connectivity index (χ1) is 11.0. The Bertz CT molecular complexity index is 374. The van der Waals surface area contributed by atoms with E-state index in [1.54, 1.807) is 0 Å². The third-order valence-corrected chi connectivity index (χ3v) is 6.97. The normalized spacial score (nSPS) is 35.5. The molecule has 0 radical (unpaired) electrons. The van der Waals surface area contributed by atoms with E-state index in [-0.39, 0.29) is 0 Å². The molecule has 1 spiro atoms. The van der Waals surface area contributed by atoms with Gasteiger partial charge in [-0.1, -0.05) is 46.0 Å². The van der Waals surface area contributed by atoms with Gasteiger partial charge in [0.05, 0.1) is 18.8 Å². The zero-order valence-corrected chi connectivity index (χ0v) is 16.0. The van der Waals surface area contributed by atoms with E-state index in [4.69, 9.17) is 4.74 Å². The van der Waals surface area contributed by atoms with Crippen molar-refractivity contribution in [1.29, 1.82) is 0 Å². The van der Waals surface area contributed by atoms with Crippen molar-refractivity contribution in [3.05, 3.63) is 0 Å². The fraction of sp³-hybridized carbons (Fsp3) is 1.00. The van der Waals surface area contributed by atoms with Crippen LogP contribution in [0.2, 0.25) is 0 Å². The summed E-state index contributed by atoms with van der Waals surface area (Å²) in [6, 6.07) is 0.655. The van der Waals surface area contributed by atoms with Crippen molar-refractivity contribution in [3.8, 4) is 0 Å². The first-order valence-corrected chi connectivity index (χ1v) is 10.4. The van der Waals surface area contributed by atoms with Crippen LogP contribution >= 0.6 is 0 Å². The molecule has 2 saturated heterocycles. The highest BCUT2D eigenvalue weighted by Gasteiger charge is 2.57. The van der Waals surface area contributed by atoms with Gasteiger partial charge in [-0.15, -0.1) is 0 Å². The van der Waals surface area contributed by atoms with E-state index in [0.29, 0.717) is 11.6 Å². The van der Waals surface area contributed by atoms with Gasteiger partial charge < -0.3 is 4.74 Å². The lowest BCUT2D eigenvalue weighted by Crippen LogP contribution is -2.73. The molecular weight excluding hydrogens is 282 g/mol. The fourth-order valence-corrected chi connectivity index (χ4v) is 5.98. The average Bonchev–Trinajstić information content (AvgIpc) is 2.56. The number of fused-ring (bicyclic) bond motifs is 2. The number of hydrogen-bond donors (Lipinski definition) is 0. The number of likely N-dealkylation sites (tertiary alicyclic amines) is 1. The molecule has 2 nitrogen and oxygen atoms in total. The summed E-state index contributed by atoms with van der Waals surface area (Å²) in [6.45, 7) is 13.0. The summed E-state index contributed by atoms with van der Waals surface area (Å²) in [5, 5.41) is 0. The Morgan fingerprint density at radius 3 is 2.17 bits per heavy atom. The molecule has 0 amide bonds. The summed E-state index contributed by atoms with van der Waals surface area (Å²) in [6.07, 6.45) is 11.7. The fourth-order valence-electron chi connectivity index (χ4n) is 5.98. The maximum absolute atomic E-state index is 5.82. The standard InChI is InChI=1S/C21H39NO/c1-16(2)12-18-13-22(17(3)4)21(14-23-15-21)20-11-9-7-5-6-8-10-19(18)20/h16-20H,5-15H2,1-4H3. The maximum atomic E-state index is 5.82. The Labute approximate surface area is 144 Å². The molecule has 1 aliphatic carbocycles. The summed E-state index contributed by atoms with van der Waals surface area (Å²) in [5.74, 6) is 3.57. The highest BCUT2D eigenvalue weighted by molar-refractivity contribution is 5.09. The van der Waals surface area contributed by atoms with Crippen LogP contribution in [0.3, 0.4) is 0 Å². The summed E-state index contributed by atoms with van der Waals surface area (Å²) in [4.78, 5) is 2.86. The zero-order chi connectivity index (χ0) is 16.4. The molecule has 3 aliphatic rings. The lowest BCUT2D eigenvalue weighted by Gasteiger charge is -2.63. The van der Waals surface area contributed by atoms with Crippen LogP contribution in [-0.4, -0.2) is 36.2 Å². The molecule has 1 saturated carbocycles. The molecule has 0 aromatic heterocycles. The van der Waals surface area contributed by atoms with Gasteiger partial charge in [-0.25, -0.2) is 0 Å². The highest BCUT2D eigenvalue weighted by Crippen LogP contribution is 2.51. The Morgan fingerprint density at radius 2 is 1.61 bits per heavy atom. The Kier molecular flexibility index (Phi) is 5.73. The van der Waals surface area contributed by atoms with Gasteiger partial charge in [-0.3, -0.25) is 4.90 Å². The van der Waals surface area contributed by atoms with Gasteiger partial charge in [0.15, 0.2) is 0 Å². The summed E-state index contributed by atoms with van der Waals surface area (Å²) >= 11 is 0. The third-order valence-electron chi connectivity index (χ3n) is 6.97. The van der Waals surface area contributed by atoms with Crippen molar-refractivity contribution in [2.75, 3.05) is 19.8 Å². The van der Waals surface area contributed by atoms with Crippen molar-refractivity contribution < 1.29 is 4.74 Å². The van der Waals surface area contributed by atoms with Gasteiger partial charge in [-0.05, 0) is 56.8 Å². The molecule has 0 bridgehead atoms. The number of ether oxygens (including phenoxy) is 1. The number of nitrogens with zero attached hydrogens (tertiary/aromatic N) is 1. The second-order valence-corrected chi connectivity index (χ2v) is 9.35. The largest absolute Gasteiger partial charge is 0.377 e. The van der Waals surface area contributed by atoms with Crippen molar-refractivity contribution in [2.45, 2.75) is 90.6 Å². The minimum absolute atomic E-state index is 0.386. The van der Waals surface area contributed by atoms with E-state index in [1.165, 1.54) is 57.9 Å². The van der Waals surface area contributed by atoms with Crippen LogP contribution in [-0.2, 0) is 4.74 Å². The van der Waals surface area contributed by atoms with E-state index in [0.717, 1.165) is 36.9 Å².